The van der Waals surface area contributed by atoms with Gasteiger partial charge < -0.3 is 15.0 Å². The Morgan fingerprint density at radius 2 is 2.04 bits per heavy atom. The maximum atomic E-state index is 13.2. The highest BCUT2D eigenvalue weighted by Gasteiger charge is 2.31. The summed E-state index contributed by atoms with van der Waals surface area (Å²) in [7, 11) is 3.41. The number of ether oxygens (including phenoxy) is 1. The molecule has 0 aromatic heterocycles. The van der Waals surface area contributed by atoms with Crippen molar-refractivity contribution in [2.45, 2.75) is 25.2 Å². The van der Waals surface area contributed by atoms with Crippen molar-refractivity contribution in [2.24, 2.45) is 0 Å². The molecule has 122 valence electrons. The summed E-state index contributed by atoms with van der Waals surface area (Å²) in [6.45, 7) is 0.776. The Bertz CT molecular complexity index is 719. The Labute approximate surface area is 135 Å². The van der Waals surface area contributed by atoms with Crippen molar-refractivity contribution in [3.8, 4) is 5.75 Å². The van der Waals surface area contributed by atoms with Crippen LogP contribution in [0.3, 0.4) is 0 Å². The first-order valence-corrected chi connectivity index (χ1v) is 7.76. The van der Waals surface area contributed by atoms with Gasteiger partial charge in [-0.2, -0.15) is 0 Å². The lowest BCUT2D eigenvalue weighted by Crippen LogP contribution is -2.41. The highest BCUT2D eigenvalue weighted by molar-refractivity contribution is 5.85. The fourth-order valence-corrected chi connectivity index (χ4v) is 3.00. The number of nitrogens with one attached hydrogen (secondary N) is 1. The van der Waals surface area contributed by atoms with Gasteiger partial charge in [-0.1, -0.05) is 18.2 Å². The molecule has 0 saturated carbocycles. The second-order valence-corrected chi connectivity index (χ2v) is 6.04. The molecule has 2 atom stereocenters. The van der Waals surface area contributed by atoms with Crippen LogP contribution in [-0.2, 0) is 11.3 Å². The number of nitrogens with zero attached hydrogens (tertiary/aromatic N) is 1. The number of carbonyl (C=O) groups is 1. The zero-order chi connectivity index (χ0) is 16.4. The topological polar surface area (TPSA) is 41.6 Å². The molecule has 1 aliphatic heterocycles. The Balaban J connectivity index is 1.72. The van der Waals surface area contributed by atoms with Crippen molar-refractivity contribution in [1.82, 2.24) is 10.2 Å². The van der Waals surface area contributed by atoms with Gasteiger partial charge in [0.25, 0.3) is 0 Å². The van der Waals surface area contributed by atoms with E-state index in [4.69, 9.17) is 4.74 Å². The Morgan fingerprint density at radius 3 is 2.74 bits per heavy atom. The number of fused-ring (bicyclic) bond motifs is 1. The van der Waals surface area contributed by atoms with E-state index in [1.54, 1.807) is 19.1 Å². The first-order valence-electron chi connectivity index (χ1n) is 7.76. The molecule has 4 nitrogen and oxygen atoms in total. The van der Waals surface area contributed by atoms with E-state index in [1.807, 2.05) is 30.3 Å². The summed E-state index contributed by atoms with van der Waals surface area (Å²) in [5.41, 5.74) is 1.05. The predicted molar refractivity (Wildman–Crippen MR) is 88.3 cm³/mol. The number of alkyl halides is 1. The SMILES string of the molecule is COc1ccc2cc(CN(C)C(=O)[C@H]3C[C@H](F)CN3)ccc2c1. The van der Waals surface area contributed by atoms with Crippen LogP contribution in [0.1, 0.15) is 12.0 Å². The predicted octanol–water partition coefficient (Wildman–Crippen LogP) is 2.51. The van der Waals surface area contributed by atoms with E-state index in [2.05, 4.69) is 11.4 Å². The maximum Gasteiger partial charge on any atom is 0.239 e. The van der Waals surface area contributed by atoms with Crippen LogP contribution in [-0.4, -0.2) is 43.7 Å². The highest BCUT2D eigenvalue weighted by atomic mass is 19.1. The van der Waals surface area contributed by atoms with Crippen LogP contribution in [0.4, 0.5) is 4.39 Å². The molecule has 2 aromatic rings. The van der Waals surface area contributed by atoms with E-state index in [9.17, 15) is 9.18 Å². The van der Waals surface area contributed by atoms with Crippen LogP contribution < -0.4 is 10.1 Å². The largest absolute Gasteiger partial charge is 0.497 e. The summed E-state index contributed by atoms with van der Waals surface area (Å²) in [4.78, 5) is 14.0. The minimum Gasteiger partial charge on any atom is -0.497 e. The number of benzene rings is 2. The summed E-state index contributed by atoms with van der Waals surface area (Å²) >= 11 is 0. The number of methoxy groups -OCH3 is 1. The van der Waals surface area contributed by atoms with E-state index in [0.717, 1.165) is 22.1 Å². The first kappa shape index (κ1) is 15.7. The molecule has 1 saturated heterocycles. The monoisotopic (exact) mass is 316 g/mol. The molecule has 23 heavy (non-hydrogen) atoms. The summed E-state index contributed by atoms with van der Waals surface area (Å²) in [5, 5.41) is 5.14. The number of amides is 1. The van der Waals surface area contributed by atoms with E-state index in [-0.39, 0.29) is 18.9 Å². The number of likely N-dealkylation sites (N-methyl/N-ethyl adjacent to an activating group) is 1. The molecule has 0 radical (unpaired) electrons. The smallest absolute Gasteiger partial charge is 0.239 e. The fourth-order valence-electron chi connectivity index (χ4n) is 3.00. The minimum atomic E-state index is -0.923. The highest BCUT2D eigenvalue weighted by Crippen LogP contribution is 2.22. The number of rotatable bonds is 4. The molecule has 1 fully saturated rings. The van der Waals surface area contributed by atoms with E-state index in [0.29, 0.717) is 6.54 Å². The normalized spacial score (nSPS) is 20.7. The van der Waals surface area contributed by atoms with Crippen LogP contribution in [0.15, 0.2) is 36.4 Å². The second-order valence-electron chi connectivity index (χ2n) is 6.04. The Hall–Kier alpha value is -2.14. The van der Waals surface area contributed by atoms with Crippen LogP contribution in [0.5, 0.6) is 5.75 Å². The third-order valence-electron chi connectivity index (χ3n) is 4.28. The Morgan fingerprint density at radius 1 is 1.30 bits per heavy atom. The minimum absolute atomic E-state index is 0.0556. The van der Waals surface area contributed by atoms with Gasteiger partial charge in [0.1, 0.15) is 11.9 Å². The van der Waals surface area contributed by atoms with Gasteiger partial charge in [0.05, 0.1) is 13.2 Å². The lowest BCUT2D eigenvalue weighted by Gasteiger charge is -2.21. The molecule has 0 unspecified atom stereocenters. The molecule has 1 amide bonds. The molecular formula is C18H21FN2O2. The van der Waals surface area contributed by atoms with Gasteiger partial charge in [-0.05, 0) is 34.5 Å². The van der Waals surface area contributed by atoms with E-state index in [1.165, 1.54) is 0 Å². The lowest BCUT2D eigenvalue weighted by atomic mass is 10.1. The van der Waals surface area contributed by atoms with Crippen molar-refractivity contribution in [3.63, 3.8) is 0 Å². The number of hydrogen-bond acceptors (Lipinski definition) is 3. The maximum absolute atomic E-state index is 13.2. The van der Waals surface area contributed by atoms with Crippen molar-refractivity contribution in [2.75, 3.05) is 20.7 Å². The first-order chi connectivity index (χ1) is 11.1. The van der Waals surface area contributed by atoms with Gasteiger partial charge in [0.15, 0.2) is 0 Å². The van der Waals surface area contributed by atoms with Gasteiger partial charge in [0, 0.05) is 26.6 Å². The number of carbonyl (C=O) groups excluding carboxylic acids is 1. The van der Waals surface area contributed by atoms with Crippen LogP contribution in [0.2, 0.25) is 0 Å². The molecular weight excluding hydrogens is 295 g/mol. The van der Waals surface area contributed by atoms with E-state index >= 15 is 0 Å². The van der Waals surface area contributed by atoms with Gasteiger partial charge in [-0.15, -0.1) is 0 Å². The molecule has 3 rings (SSSR count). The molecule has 1 heterocycles. The molecule has 2 aromatic carbocycles. The molecule has 0 bridgehead atoms. The summed E-state index contributed by atoms with van der Waals surface area (Å²) < 4.78 is 18.4. The molecule has 0 aliphatic carbocycles. The third-order valence-corrected chi connectivity index (χ3v) is 4.28. The summed E-state index contributed by atoms with van der Waals surface area (Å²) in [6.07, 6.45) is -0.659. The molecule has 1 N–H and O–H groups in total. The van der Waals surface area contributed by atoms with Crippen LogP contribution in [0, 0.1) is 0 Å². The van der Waals surface area contributed by atoms with Crippen molar-refractivity contribution >= 4 is 16.7 Å². The van der Waals surface area contributed by atoms with Crippen molar-refractivity contribution in [3.05, 3.63) is 42.0 Å². The molecule has 5 heteroatoms. The van der Waals surface area contributed by atoms with Crippen molar-refractivity contribution < 1.29 is 13.9 Å². The van der Waals surface area contributed by atoms with Crippen LogP contribution in [0.25, 0.3) is 10.8 Å². The van der Waals surface area contributed by atoms with Gasteiger partial charge in [-0.3, -0.25) is 4.79 Å². The second kappa shape index (κ2) is 6.54. The molecule has 1 aliphatic rings. The lowest BCUT2D eigenvalue weighted by molar-refractivity contribution is -0.132. The number of halogens is 1. The zero-order valence-corrected chi connectivity index (χ0v) is 13.4. The van der Waals surface area contributed by atoms with Gasteiger partial charge >= 0.3 is 0 Å². The van der Waals surface area contributed by atoms with Crippen molar-refractivity contribution in [1.29, 1.82) is 0 Å². The zero-order valence-electron chi connectivity index (χ0n) is 13.4. The standard InChI is InChI=1S/C18H21FN2O2/c1-21(18(22)17-9-15(19)10-20-17)11-12-3-4-14-8-16(23-2)6-5-13(14)7-12/h3-8,15,17,20H,9-11H2,1-2H3/t15-,17+/m0/s1. The van der Waals surface area contributed by atoms with Gasteiger partial charge in [0.2, 0.25) is 5.91 Å². The average Bonchev–Trinajstić information content (AvgIpc) is 3.00. The molecule has 0 spiro atoms. The van der Waals surface area contributed by atoms with E-state index < -0.39 is 12.2 Å². The third kappa shape index (κ3) is 3.45. The summed E-state index contributed by atoms with van der Waals surface area (Å²) in [5.74, 6) is 0.769. The van der Waals surface area contributed by atoms with Crippen LogP contribution >= 0.6 is 0 Å². The fraction of sp³-hybridized carbons (Fsp3) is 0.389. The average molecular weight is 316 g/mol. The number of hydrogen-bond donors (Lipinski definition) is 1. The van der Waals surface area contributed by atoms with Gasteiger partial charge in [-0.25, -0.2) is 4.39 Å². The quantitative estimate of drug-likeness (QED) is 0.942. The summed E-state index contributed by atoms with van der Waals surface area (Å²) in [6, 6.07) is 11.6. The Kier molecular flexibility index (Phi) is 4.48.